The van der Waals surface area contributed by atoms with Crippen LogP contribution in [0.1, 0.15) is 90.1 Å². The number of benzene rings is 3. The third kappa shape index (κ3) is 13.2. The summed E-state index contributed by atoms with van der Waals surface area (Å²) >= 11 is 3.50. The minimum atomic E-state index is -4.49. The zero-order chi connectivity index (χ0) is 38.6. The predicted molar refractivity (Wildman–Crippen MR) is 198 cm³/mol. The van der Waals surface area contributed by atoms with Crippen LogP contribution in [0.5, 0.6) is 0 Å². The van der Waals surface area contributed by atoms with Crippen molar-refractivity contribution in [2.75, 3.05) is 0 Å². The van der Waals surface area contributed by atoms with Crippen molar-refractivity contribution in [3.8, 4) is 0 Å². The second kappa shape index (κ2) is 18.0. The number of alkyl halides is 6. The molecule has 282 valence electrons. The molecule has 0 saturated heterocycles. The van der Waals surface area contributed by atoms with Crippen LogP contribution < -0.4 is 15.9 Å². The van der Waals surface area contributed by atoms with E-state index in [0.717, 1.165) is 32.5 Å². The van der Waals surface area contributed by atoms with Crippen molar-refractivity contribution in [3.05, 3.63) is 88.5 Å². The molecule has 13 heteroatoms. The molecular weight excluding hydrogens is 1100 g/mol. The van der Waals surface area contributed by atoms with Gasteiger partial charge in [0.2, 0.25) is 0 Å². The molecular formula is C36H46Au2Cl2F6P2Si. The van der Waals surface area contributed by atoms with Crippen LogP contribution in [0.2, 0.25) is 19.6 Å². The summed E-state index contributed by atoms with van der Waals surface area (Å²) < 4.78 is 82.6. The average Bonchev–Trinajstić information content (AvgIpc) is 2.96. The van der Waals surface area contributed by atoms with Gasteiger partial charge < -0.3 is 0 Å². The van der Waals surface area contributed by atoms with E-state index in [4.69, 9.17) is 0 Å². The Kier molecular flexibility index (Phi) is 17.3. The molecule has 0 amide bonds. The zero-order valence-electron chi connectivity index (χ0n) is 29.8. The summed E-state index contributed by atoms with van der Waals surface area (Å²) in [6, 6.07) is 15.0. The number of halogens is 8. The predicted octanol–water partition coefficient (Wildman–Crippen LogP) is 12.7. The molecule has 0 nitrogen and oxygen atoms in total. The van der Waals surface area contributed by atoms with Gasteiger partial charge in [-0.3, -0.25) is 0 Å². The summed E-state index contributed by atoms with van der Waals surface area (Å²) in [5.41, 5.74) is 1.66. The molecule has 0 aliphatic carbocycles. The molecule has 0 spiro atoms. The first kappa shape index (κ1) is 47.1. The Bertz CT molecular complexity index is 1450. The Labute approximate surface area is 326 Å². The Morgan fingerprint density at radius 2 is 0.857 bits per heavy atom. The van der Waals surface area contributed by atoms with Crippen molar-refractivity contribution in [2.45, 2.75) is 111 Å². The standard InChI is InChI=1S/C36H46F6P2Si.2Au.2ClH/c1-32(2,3)25-21-28(33(4,5)6)30(29(22-25)34(7,8)9)43-31(45(10,11)12)44(26-17-13-23(14-18-26)35(37,38)39)27-19-15-24(16-20-27)36(40,41)42;;;;/h13-22H,1-12H3;;;2*1H/q;2*+1;;/p-2. The van der Waals surface area contributed by atoms with E-state index in [1.807, 2.05) is 0 Å². The third-order valence-corrected chi connectivity index (χ3v) is 17.8. The zero-order valence-corrected chi connectivity index (χ0v) is 38.4. The first-order valence-corrected chi connectivity index (χ1v) is 26.4. The Hall–Kier alpha value is 0.117. The van der Waals surface area contributed by atoms with Crippen LogP contribution in [0.3, 0.4) is 0 Å². The normalized spacial score (nSPS) is 13.4. The minimum absolute atomic E-state index is 0.0895. The molecule has 0 aliphatic rings. The molecule has 3 aromatic rings. The Morgan fingerprint density at radius 3 is 1.08 bits per heavy atom. The van der Waals surface area contributed by atoms with Gasteiger partial charge in [-0.05, 0) is 80.4 Å². The van der Waals surface area contributed by atoms with Crippen LogP contribution in [-0.4, -0.2) is 12.7 Å². The van der Waals surface area contributed by atoms with Crippen LogP contribution in [0, 0.1) is 0 Å². The average molecular weight is 1150 g/mol. The van der Waals surface area contributed by atoms with Gasteiger partial charge in [-0.1, -0.05) is 127 Å². The van der Waals surface area contributed by atoms with Gasteiger partial charge >= 0.3 is 70.7 Å². The fraction of sp³-hybridized carbons (Fsp3) is 0.472. The molecule has 0 saturated carbocycles. The Balaban J connectivity index is 0.00000289. The first-order valence-electron chi connectivity index (χ1n) is 15.3. The molecule has 0 atom stereocenters. The molecule has 3 rings (SSSR count). The quantitative estimate of drug-likeness (QED) is 0.136. The second-order valence-electron chi connectivity index (χ2n) is 15.8. The molecule has 0 radical (unpaired) electrons. The summed E-state index contributed by atoms with van der Waals surface area (Å²) in [6.07, 6.45) is -8.98. The molecule has 0 fully saturated rings. The summed E-state index contributed by atoms with van der Waals surface area (Å²) in [4.78, 5) is 0. The van der Waals surface area contributed by atoms with Gasteiger partial charge in [0.25, 0.3) is 0 Å². The van der Waals surface area contributed by atoms with Crippen molar-refractivity contribution in [3.63, 3.8) is 0 Å². The van der Waals surface area contributed by atoms with E-state index in [9.17, 15) is 26.3 Å². The number of rotatable bonds is 5. The molecule has 3 aromatic carbocycles. The van der Waals surface area contributed by atoms with E-state index in [1.165, 1.54) is 50.9 Å². The monoisotopic (exact) mass is 1150 g/mol. The van der Waals surface area contributed by atoms with E-state index in [-0.39, 0.29) is 16.2 Å². The van der Waals surface area contributed by atoms with E-state index >= 15 is 0 Å². The van der Waals surface area contributed by atoms with Crippen molar-refractivity contribution >= 4 is 63.2 Å². The van der Waals surface area contributed by atoms with Crippen LogP contribution in [0.25, 0.3) is 0 Å². The molecule has 0 aliphatic heterocycles. The number of hydrogen-bond acceptors (Lipinski definition) is 0. The summed E-state index contributed by atoms with van der Waals surface area (Å²) in [5.74, 6) is 0. The van der Waals surface area contributed by atoms with E-state index in [1.54, 1.807) is 40.0 Å². The van der Waals surface area contributed by atoms with Crippen molar-refractivity contribution in [2.24, 2.45) is 0 Å². The van der Waals surface area contributed by atoms with Crippen molar-refractivity contribution in [1.29, 1.82) is 0 Å². The Morgan fingerprint density at radius 1 is 0.551 bits per heavy atom. The van der Waals surface area contributed by atoms with E-state index in [0.29, 0.717) is 10.6 Å². The molecule has 49 heavy (non-hydrogen) atoms. The summed E-state index contributed by atoms with van der Waals surface area (Å²) in [5, 5.41) is 2.58. The van der Waals surface area contributed by atoms with Gasteiger partial charge in [0.15, 0.2) is 0 Å². The van der Waals surface area contributed by atoms with Crippen LogP contribution in [-0.2, 0) is 68.6 Å². The SMILES string of the molecule is CC(C)(C)c1cc(C(C)(C)C)c(P=C(P(c2ccc(C(F)(F)F)cc2)c2ccc(C(F)(F)F)cc2)[Si](C)(C)C)c(C(C)(C)C)c1.[Cl][Au].[Cl][Au]. The van der Waals surface area contributed by atoms with Gasteiger partial charge in [-0.25, -0.2) is 0 Å². The fourth-order valence-electron chi connectivity index (χ4n) is 4.98. The third-order valence-electron chi connectivity index (χ3n) is 7.60. The fourth-order valence-corrected chi connectivity index (χ4v) is 14.4. The first-order chi connectivity index (χ1) is 22.1. The molecule has 0 heterocycles. The van der Waals surface area contributed by atoms with Gasteiger partial charge in [0.05, 0.1) is 19.2 Å². The van der Waals surface area contributed by atoms with E-state index < -0.39 is 39.5 Å². The second-order valence-corrected chi connectivity index (χ2v) is 25.2. The van der Waals surface area contributed by atoms with Gasteiger partial charge in [0.1, 0.15) is 0 Å². The van der Waals surface area contributed by atoms with E-state index in [2.05, 4.69) is 112 Å². The van der Waals surface area contributed by atoms with Crippen LogP contribution in [0.15, 0.2) is 60.7 Å². The van der Waals surface area contributed by atoms with Crippen LogP contribution >= 0.6 is 34.5 Å². The molecule has 0 N–H and O–H groups in total. The van der Waals surface area contributed by atoms with Crippen LogP contribution in [0.4, 0.5) is 26.3 Å². The van der Waals surface area contributed by atoms with Gasteiger partial charge in [0, 0.05) is 5.30 Å². The molecule has 0 unspecified atom stereocenters. The maximum absolute atomic E-state index is 13.6. The number of hydrogen-bond donors (Lipinski definition) is 0. The maximum atomic E-state index is 13.6. The molecule has 0 bridgehead atoms. The summed E-state index contributed by atoms with van der Waals surface area (Å²) in [6.45, 7) is 26.4. The van der Waals surface area contributed by atoms with Gasteiger partial charge in [-0.2, -0.15) is 26.3 Å². The van der Waals surface area contributed by atoms with Crippen molar-refractivity contribution in [1.82, 2.24) is 0 Å². The summed E-state index contributed by atoms with van der Waals surface area (Å²) in [7, 11) is 6.49. The van der Waals surface area contributed by atoms with Gasteiger partial charge in [-0.15, -0.1) is 0 Å². The topological polar surface area (TPSA) is 0 Å². The van der Waals surface area contributed by atoms with Crippen molar-refractivity contribution < 1.29 is 66.3 Å². The molecule has 0 aromatic heterocycles.